The summed E-state index contributed by atoms with van der Waals surface area (Å²) < 4.78 is 2.17. The van der Waals surface area contributed by atoms with Crippen LogP contribution in [0.2, 0.25) is 0 Å². The Bertz CT molecular complexity index is 861. The number of hydrogen-bond donors (Lipinski definition) is 0. The van der Waals surface area contributed by atoms with Crippen LogP contribution in [0.25, 0.3) is 4.91 Å². The summed E-state index contributed by atoms with van der Waals surface area (Å²) in [6.07, 6.45) is 7.34. The first-order valence-electron chi connectivity index (χ1n) is 8.54. The van der Waals surface area contributed by atoms with Crippen LogP contribution in [-0.2, 0) is 0 Å². The lowest BCUT2D eigenvalue weighted by Crippen LogP contribution is -2.15. The van der Waals surface area contributed by atoms with E-state index in [9.17, 15) is 10.1 Å². The molecular formula is C18H19N5O2S. The number of nitrogens with zero attached hydrogens (tertiary/aromatic N) is 5. The van der Waals surface area contributed by atoms with Crippen LogP contribution in [0.3, 0.4) is 0 Å². The quantitative estimate of drug-likeness (QED) is 0.329. The Labute approximate surface area is 155 Å². The predicted octanol–water partition coefficient (Wildman–Crippen LogP) is 4.66. The fourth-order valence-corrected chi connectivity index (χ4v) is 4.28. The summed E-state index contributed by atoms with van der Waals surface area (Å²) in [4.78, 5) is 11.1. The van der Waals surface area contributed by atoms with Crippen LogP contribution in [0.4, 0.5) is 5.69 Å². The minimum Gasteiger partial charge on any atom is -0.303 e. The lowest BCUT2D eigenvalue weighted by atomic mass is 9.95. The average Bonchev–Trinajstić information content (AvgIpc) is 3.02. The van der Waals surface area contributed by atoms with Crippen molar-refractivity contribution in [2.24, 2.45) is 0 Å². The first kappa shape index (κ1) is 18.1. The highest BCUT2D eigenvalue weighted by atomic mass is 32.2. The molecule has 7 nitrogen and oxygen atoms in total. The highest BCUT2D eigenvalue weighted by Crippen LogP contribution is 2.38. The minimum absolute atomic E-state index is 0.0243. The van der Waals surface area contributed by atoms with Gasteiger partial charge in [-0.25, -0.2) is 0 Å². The van der Waals surface area contributed by atoms with Gasteiger partial charge >= 0.3 is 0 Å². The van der Waals surface area contributed by atoms with Gasteiger partial charge in [-0.2, -0.15) is 5.26 Å². The number of thioether (sulfide) groups is 1. The van der Waals surface area contributed by atoms with Gasteiger partial charge in [-0.3, -0.25) is 10.1 Å². The summed E-state index contributed by atoms with van der Waals surface area (Å²) in [5.41, 5.74) is 0.772. The Morgan fingerprint density at radius 3 is 2.62 bits per heavy atom. The molecule has 2 aromatic rings. The van der Waals surface area contributed by atoms with Gasteiger partial charge in [-0.1, -0.05) is 19.3 Å². The van der Waals surface area contributed by atoms with Crippen molar-refractivity contribution in [3.8, 4) is 6.07 Å². The van der Waals surface area contributed by atoms with E-state index in [2.05, 4.69) is 20.8 Å². The highest BCUT2D eigenvalue weighted by Gasteiger charge is 2.22. The molecular weight excluding hydrogens is 350 g/mol. The number of aryl methyl sites for hydroxylation is 1. The van der Waals surface area contributed by atoms with Crippen LogP contribution >= 0.6 is 11.8 Å². The summed E-state index contributed by atoms with van der Waals surface area (Å²) in [7, 11) is 0. The van der Waals surface area contributed by atoms with Crippen LogP contribution in [0.15, 0.2) is 35.5 Å². The zero-order chi connectivity index (χ0) is 18.5. The maximum atomic E-state index is 10.8. The van der Waals surface area contributed by atoms with Crippen molar-refractivity contribution in [1.29, 1.82) is 5.26 Å². The molecule has 134 valence electrons. The van der Waals surface area contributed by atoms with Crippen molar-refractivity contribution >= 4 is 22.4 Å². The molecule has 0 spiro atoms. The lowest BCUT2D eigenvalue weighted by Gasteiger charge is -2.25. The molecule has 1 fully saturated rings. The number of hydrogen-bond acceptors (Lipinski definition) is 6. The molecule has 1 heterocycles. The van der Waals surface area contributed by atoms with Crippen LogP contribution in [0.1, 0.15) is 49.5 Å². The van der Waals surface area contributed by atoms with Gasteiger partial charge in [0.15, 0.2) is 5.16 Å². The lowest BCUT2D eigenvalue weighted by molar-refractivity contribution is -0.384. The Kier molecular flexibility index (Phi) is 5.68. The molecule has 0 amide bonds. The summed E-state index contributed by atoms with van der Waals surface area (Å²) >= 11 is 1.38. The topological polar surface area (TPSA) is 97.6 Å². The minimum atomic E-state index is -0.437. The Morgan fingerprint density at radius 2 is 2.00 bits per heavy atom. The zero-order valence-electron chi connectivity index (χ0n) is 14.5. The van der Waals surface area contributed by atoms with E-state index in [0.717, 1.165) is 29.4 Å². The summed E-state index contributed by atoms with van der Waals surface area (Å²) in [5, 5.41) is 29.3. The van der Waals surface area contributed by atoms with E-state index in [1.165, 1.54) is 49.2 Å². The highest BCUT2D eigenvalue weighted by molar-refractivity contribution is 8.08. The summed E-state index contributed by atoms with van der Waals surface area (Å²) in [6.45, 7) is 1.95. The van der Waals surface area contributed by atoms with E-state index in [4.69, 9.17) is 5.26 Å². The van der Waals surface area contributed by atoms with Crippen LogP contribution in [0, 0.1) is 28.4 Å². The van der Waals surface area contributed by atoms with Crippen LogP contribution in [-0.4, -0.2) is 19.7 Å². The van der Waals surface area contributed by atoms with Crippen molar-refractivity contribution < 1.29 is 4.92 Å². The molecule has 3 rings (SSSR count). The third-order valence-corrected chi connectivity index (χ3v) is 5.57. The fraction of sp³-hybridized carbons (Fsp3) is 0.389. The van der Waals surface area contributed by atoms with Gasteiger partial charge < -0.3 is 4.57 Å². The normalized spacial score (nSPS) is 15.6. The number of nitro benzene ring substituents is 1. The number of nitro groups is 1. The van der Waals surface area contributed by atoms with E-state index >= 15 is 0 Å². The largest absolute Gasteiger partial charge is 0.303 e. The maximum Gasteiger partial charge on any atom is 0.269 e. The van der Waals surface area contributed by atoms with E-state index < -0.39 is 4.92 Å². The smallest absolute Gasteiger partial charge is 0.269 e. The molecule has 1 aromatic heterocycles. The standard InChI is InChI=1S/C18H19N5O2S/c1-13-20-21-18(22(13)15-5-3-2-4-6-15)26-17(11-12-19)14-7-9-16(10-8-14)23(24)25/h7-11,15H,2-6H2,1H3. The second-order valence-corrected chi connectivity index (χ2v) is 7.24. The second kappa shape index (κ2) is 8.15. The van der Waals surface area contributed by atoms with Gasteiger partial charge in [0.1, 0.15) is 5.82 Å². The zero-order valence-corrected chi connectivity index (χ0v) is 15.3. The fourth-order valence-electron chi connectivity index (χ4n) is 3.26. The van der Waals surface area contributed by atoms with E-state index in [0.29, 0.717) is 10.9 Å². The van der Waals surface area contributed by atoms with Gasteiger partial charge in [-0.05, 0) is 49.2 Å². The van der Waals surface area contributed by atoms with Crippen molar-refractivity contribution in [3.05, 3.63) is 51.8 Å². The monoisotopic (exact) mass is 369 g/mol. The third kappa shape index (κ3) is 3.94. The average molecular weight is 369 g/mol. The van der Waals surface area contributed by atoms with Crippen LogP contribution in [0.5, 0.6) is 0 Å². The Morgan fingerprint density at radius 1 is 1.31 bits per heavy atom. The number of non-ortho nitro benzene ring substituents is 1. The van der Waals surface area contributed by atoms with E-state index in [1.54, 1.807) is 12.1 Å². The molecule has 0 aliphatic heterocycles. The summed E-state index contributed by atoms with van der Waals surface area (Å²) in [5.74, 6) is 0.874. The molecule has 1 aliphatic rings. The molecule has 0 radical (unpaired) electrons. The molecule has 0 N–H and O–H groups in total. The van der Waals surface area contributed by atoms with Crippen molar-refractivity contribution in [2.45, 2.75) is 50.2 Å². The molecule has 0 bridgehead atoms. The SMILES string of the molecule is Cc1nnc(SC(=CC#N)c2ccc([N+](=O)[O-])cc2)n1C1CCCCC1. The van der Waals surface area contributed by atoms with E-state index in [1.807, 2.05) is 6.92 Å². The molecule has 26 heavy (non-hydrogen) atoms. The van der Waals surface area contributed by atoms with Gasteiger partial charge in [0.2, 0.25) is 0 Å². The van der Waals surface area contributed by atoms with Crippen LogP contribution < -0.4 is 0 Å². The van der Waals surface area contributed by atoms with Gasteiger partial charge in [-0.15, -0.1) is 10.2 Å². The number of benzene rings is 1. The van der Waals surface area contributed by atoms with Gasteiger partial charge in [0, 0.05) is 29.2 Å². The molecule has 1 aliphatic carbocycles. The number of allylic oxidation sites excluding steroid dienone is 1. The predicted molar refractivity (Wildman–Crippen MR) is 99.4 cm³/mol. The second-order valence-electron chi connectivity index (χ2n) is 6.24. The number of nitriles is 1. The van der Waals surface area contributed by atoms with Crippen molar-refractivity contribution in [1.82, 2.24) is 14.8 Å². The molecule has 1 saturated carbocycles. The molecule has 8 heteroatoms. The first-order chi connectivity index (χ1) is 12.6. The third-order valence-electron chi connectivity index (χ3n) is 4.53. The molecule has 0 unspecified atom stereocenters. The number of aromatic nitrogens is 3. The maximum absolute atomic E-state index is 10.8. The van der Waals surface area contributed by atoms with E-state index in [-0.39, 0.29) is 5.69 Å². The Balaban J connectivity index is 1.89. The number of rotatable bonds is 5. The van der Waals surface area contributed by atoms with Crippen molar-refractivity contribution in [2.75, 3.05) is 0 Å². The molecule has 0 saturated heterocycles. The molecule has 1 aromatic carbocycles. The van der Waals surface area contributed by atoms with Gasteiger partial charge in [0.25, 0.3) is 5.69 Å². The molecule has 0 atom stereocenters. The van der Waals surface area contributed by atoms with Gasteiger partial charge in [0.05, 0.1) is 11.0 Å². The Hall–Kier alpha value is -2.66. The summed E-state index contributed by atoms with van der Waals surface area (Å²) in [6, 6.07) is 8.64. The van der Waals surface area contributed by atoms with Crippen molar-refractivity contribution in [3.63, 3.8) is 0 Å². The first-order valence-corrected chi connectivity index (χ1v) is 9.35.